The summed E-state index contributed by atoms with van der Waals surface area (Å²) in [6.45, 7) is 0. The highest BCUT2D eigenvalue weighted by molar-refractivity contribution is 7.08. The first-order valence-corrected chi connectivity index (χ1v) is 8.36. The smallest absolute Gasteiger partial charge is 0.416 e. The van der Waals surface area contributed by atoms with Gasteiger partial charge in [-0.05, 0) is 40.4 Å². The Kier molecular flexibility index (Phi) is 6.19. The predicted octanol–water partition coefficient (Wildman–Crippen LogP) is 3.51. The van der Waals surface area contributed by atoms with Crippen LogP contribution < -0.4 is 5.32 Å². The maximum Gasteiger partial charge on any atom is 0.416 e. The summed E-state index contributed by atoms with van der Waals surface area (Å²) in [6, 6.07) is 5.67. The van der Waals surface area contributed by atoms with Crippen molar-refractivity contribution in [2.45, 2.75) is 31.5 Å². The molecule has 8 heteroatoms. The zero-order chi connectivity index (χ0) is 18.4. The van der Waals surface area contributed by atoms with Gasteiger partial charge < -0.3 is 10.4 Å². The van der Waals surface area contributed by atoms with E-state index in [1.165, 1.54) is 23.5 Å². The summed E-state index contributed by atoms with van der Waals surface area (Å²) in [5.74, 6) is -1.50. The molecule has 1 unspecified atom stereocenters. The molecule has 134 valence electrons. The Morgan fingerprint density at radius 1 is 1.20 bits per heavy atom. The lowest BCUT2D eigenvalue weighted by atomic mass is 10.0. The summed E-state index contributed by atoms with van der Waals surface area (Å²) in [7, 11) is 0. The monoisotopic (exact) mass is 371 g/mol. The molecule has 0 fully saturated rings. The first-order valence-electron chi connectivity index (χ1n) is 7.42. The summed E-state index contributed by atoms with van der Waals surface area (Å²) in [5, 5.41) is 15.2. The number of alkyl halides is 3. The maximum atomic E-state index is 12.8. The van der Waals surface area contributed by atoms with E-state index in [0.29, 0.717) is 5.56 Å². The summed E-state index contributed by atoms with van der Waals surface area (Å²) in [6.07, 6.45) is -4.74. The number of amides is 1. The van der Waals surface area contributed by atoms with Crippen molar-refractivity contribution in [3.63, 3.8) is 0 Å². The number of benzene rings is 1. The van der Waals surface area contributed by atoms with Gasteiger partial charge in [0, 0.05) is 6.04 Å². The van der Waals surface area contributed by atoms with Gasteiger partial charge in [-0.2, -0.15) is 24.5 Å². The van der Waals surface area contributed by atoms with Gasteiger partial charge in [-0.25, -0.2) is 0 Å². The Balaban J connectivity index is 2.07. The number of carboxylic acids is 1. The van der Waals surface area contributed by atoms with Crippen LogP contribution in [0.3, 0.4) is 0 Å². The molecule has 2 rings (SSSR count). The number of hydrogen-bond acceptors (Lipinski definition) is 3. The fourth-order valence-corrected chi connectivity index (χ4v) is 3.07. The van der Waals surface area contributed by atoms with Gasteiger partial charge in [0.05, 0.1) is 18.4 Å². The van der Waals surface area contributed by atoms with E-state index < -0.39 is 23.8 Å². The van der Waals surface area contributed by atoms with Gasteiger partial charge in [-0.15, -0.1) is 0 Å². The average molecular weight is 371 g/mol. The van der Waals surface area contributed by atoms with Crippen LogP contribution in [0.5, 0.6) is 0 Å². The van der Waals surface area contributed by atoms with Gasteiger partial charge in [-0.3, -0.25) is 9.59 Å². The number of nitrogens with one attached hydrogen (secondary N) is 1. The molecule has 0 saturated heterocycles. The molecule has 0 spiro atoms. The molecule has 1 heterocycles. The van der Waals surface area contributed by atoms with Crippen LogP contribution in [0.15, 0.2) is 41.1 Å². The van der Waals surface area contributed by atoms with Crippen molar-refractivity contribution in [1.82, 2.24) is 5.32 Å². The Bertz CT molecular complexity index is 729. The van der Waals surface area contributed by atoms with E-state index in [9.17, 15) is 22.8 Å². The molecule has 2 aromatic rings. The van der Waals surface area contributed by atoms with Gasteiger partial charge in [0.25, 0.3) is 0 Å². The van der Waals surface area contributed by atoms with Crippen LogP contribution in [-0.2, 0) is 28.6 Å². The van der Waals surface area contributed by atoms with E-state index in [0.717, 1.165) is 17.7 Å². The van der Waals surface area contributed by atoms with Gasteiger partial charge in [0.1, 0.15) is 0 Å². The summed E-state index contributed by atoms with van der Waals surface area (Å²) < 4.78 is 38.3. The average Bonchev–Trinajstić information content (AvgIpc) is 2.98. The van der Waals surface area contributed by atoms with Gasteiger partial charge >= 0.3 is 12.1 Å². The molecule has 0 aliphatic carbocycles. The van der Waals surface area contributed by atoms with Crippen molar-refractivity contribution >= 4 is 23.2 Å². The molecule has 1 aromatic heterocycles. The van der Waals surface area contributed by atoms with Gasteiger partial charge in [0.2, 0.25) is 5.91 Å². The largest absolute Gasteiger partial charge is 0.481 e. The Labute approximate surface area is 146 Å². The zero-order valence-electron chi connectivity index (χ0n) is 13.0. The molecule has 1 atom stereocenters. The standard InChI is InChI=1S/C17H16F3NO3S/c18-17(19,20)13-3-1-2-11(6-13)7-14(9-16(23)24)21-15(22)8-12-4-5-25-10-12/h1-6,10,14H,7-9H2,(H,21,22)(H,23,24). The minimum absolute atomic E-state index is 0.00555. The minimum Gasteiger partial charge on any atom is -0.481 e. The first-order chi connectivity index (χ1) is 11.7. The predicted molar refractivity (Wildman–Crippen MR) is 87.4 cm³/mol. The molecular formula is C17H16F3NO3S. The van der Waals surface area contributed by atoms with Crippen molar-refractivity contribution < 1.29 is 27.9 Å². The number of carboxylic acid groups (broad SMARTS) is 1. The van der Waals surface area contributed by atoms with E-state index in [1.54, 1.807) is 11.4 Å². The molecular weight excluding hydrogens is 355 g/mol. The Morgan fingerprint density at radius 3 is 2.56 bits per heavy atom. The SMILES string of the molecule is O=C(O)CC(Cc1cccc(C(F)(F)F)c1)NC(=O)Cc1ccsc1. The van der Waals surface area contributed by atoms with Gasteiger partial charge in [0.15, 0.2) is 0 Å². The third-order valence-electron chi connectivity index (χ3n) is 3.47. The van der Waals surface area contributed by atoms with Crippen LogP contribution in [0.2, 0.25) is 0 Å². The molecule has 0 saturated carbocycles. The quantitative estimate of drug-likeness (QED) is 0.783. The van der Waals surface area contributed by atoms with Crippen molar-refractivity contribution in [2.75, 3.05) is 0 Å². The number of hydrogen-bond donors (Lipinski definition) is 2. The molecule has 0 aliphatic heterocycles. The highest BCUT2D eigenvalue weighted by atomic mass is 32.1. The Morgan fingerprint density at radius 2 is 1.96 bits per heavy atom. The molecule has 1 amide bonds. The number of rotatable bonds is 7. The second kappa shape index (κ2) is 8.15. The fourth-order valence-electron chi connectivity index (χ4n) is 2.40. The van der Waals surface area contributed by atoms with E-state index in [4.69, 9.17) is 5.11 Å². The molecule has 2 N–H and O–H groups in total. The van der Waals surface area contributed by atoms with Crippen LogP contribution in [0.4, 0.5) is 13.2 Å². The molecule has 1 aromatic carbocycles. The minimum atomic E-state index is -4.47. The Hall–Kier alpha value is -2.35. The molecule has 4 nitrogen and oxygen atoms in total. The van der Waals surface area contributed by atoms with Crippen molar-refractivity contribution in [3.8, 4) is 0 Å². The number of thiophene rings is 1. The van der Waals surface area contributed by atoms with Crippen LogP contribution in [0.1, 0.15) is 23.1 Å². The molecule has 0 aliphatic rings. The topological polar surface area (TPSA) is 66.4 Å². The summed E-state index contributed by atoms with van der Waals surface area (Å²) >= 11 is 1.44. The lowest BCUT2D eigenvalue weighted by molar-refractivity contribution is -0.139. The molecule has 0 radical (unpaired) electrons. The highest BCUT2D eigenvalue weighted by Crippen LogP contribution is 2.29. The number of aliphatic carboxylic acids is 1. The number of carbonyl (C=O) groups excluding carboxylic acids is 1. The van der Waals surface area contributed by atoms with Gasteiger partial charge in [-0.1, -0.05) is 18.2 Å². The lowest BCUT2D eigenvalue weighted by Gasteiger charge is -2.18. The van der Waals surface area contributed by atoms with Crippen LogP contribution >= 0.6 is 11.3 Å². The zero-order valence-corrected chi connectivity index (χ0v) is 13.9. The van der Waals surface area contributed by atoms with Crippen molar-refractivity contribution in [3.05, 3.63) is 57.8 Å². The molecule has 0 bridgehead atoms. The highest BCUT2D eigenvalue weighted by Gasteiger charge is 2.30. The summed E-state index contributed by atoms with van der Waals surface area (Å²) in [5.41, 5.74) is 0.316. The second-order valence-corrected chi connectivity index (χ2v) is 6.35. The number of carbonyl (C=O) groups is 2. The van der Waals surface area contributed by atoms with Crippen molar-refractivity contribution in [1.29, 1.82) is 0 Å². The lowest BCUT2D eigenvalue weighted by Crippen LogP contribution is -2.38. The van der Waals surface area contributed by atoms with Crippen LogP contribution in [0, 0.1) is 0 Å². The number of halogens is 3. The third-order valence-corrected chi connectivity index (χ3v) is 4.20. The first kappa shape index (κ1) is 19.0. The normalized spacial score (nSPS) is 12.6. The van der Waals surface area contributed by atoms with E-state index in [1.807, 2.05) is 5.38 Å². The van der Waals surface area contributed by atoms with E-state index in [-0.39, 0.29) is 25.2 Å². The van der Waals surface area contributed by atoms with E-state index in [2.05, 4.69) is 5.32 Å². The van der Waals surface area contributed by atoms with Crippen LogP contribution in [-0.4, -0.2) is 23.0 Å². The second-order valence-electron chi connectivity index (χ2n) is 5.57. The fraction of sp³-hybridized carbons (Fsp3) is 0.294. The molecule has 25 heavy (non-hydrogen) atoms. The summed E-state index contributed by atoms with van der Waals surface area (Å²) in [4.78, 5) is 23.0. The van der Waals surface area contributed by atoms with Crippen molar-refractivity contribution in [2.24, 2.45) is 0 Å². The maximum absolute atomic E-state index is 12.8. The van der Waals surface area contributed by atoms with Crippen LogP contribution in [0.25, 0.3) is 0 Å². The van der Waals surface area contributed by atoms with E-state index >= 15 is 0 Å². The third kappa shape index (κ3) is 6.22.